The summed E-state index contributed by atoms with van der Waals surface area (Å²) >= 11 is 0. The molecule has 10 rings (SSSR count). The van der Waals surface area contributed by atoms with Crippen molar-refractivity contribution >= 4 is 0 Å². The summed E-state index contributed by atoms with van der Waals surface area (Å²) in [6, 6.07) is 8.80. The summed E-state index contributed by atoms with van der Waals surface area (Å²) in [6.45, 7) is 1.97. The SMILES string of the molecule is COC1=CC=C2[C@H]3Cc4ccc(O)c5c4[C@@]2(CCN3)[C@H]1O5.COC1=CC=C2[C@H]3Cc4ccc(OC)c5c4[C@@]2(CCN3)[C@H]1O5. The molecule has 4 aliphatic carbocycles. The molecular weight excluding hydrogens is 544 g/mol. The number of piperidine rings is 2. The minimum Gasteiger partial charge on any atom is -0.504 e. The normalized spacial score (nSPS) is 33.9. The van der Waals surface area contributed by atoms with Crippen molar-refractivity contribution in [3.63, 3.8) is 0 Å². The van der Waals surface area contributed by atoms with E-state index < -0.39 is 0 Å². The first-order valence-electron chi connectivity index (χ1n) is 15.3. The summed E-state index contributed by atoms with van der Waals surface area (Å²) in [5.74, 6) is 4.41. The molecule has 4 bridgehead atoms. The minimum atomic E-state index is -0.155. The fraction of sp³-hybridized carbons (Fsp3) is 0.429. The van der Waals surface area contributed by atoms with Gasteiger partial charge in [0.2, 0.25) is 0 Å². The van der Waals surface area contributed by atoms with Gasteiger partial charge in [-0.2, -0.15) is 0 Å². The van der Waals surface area contributed by atoms with E-state index in [1.807, 2.05) is 18.2 Å². The van der Waals surface area contributed by atoms with E-state index in [1.165, 1.54) is 33.4 Å². The quantitative estimate of drug-likeness (QED) is 0.505. The summed E-state index contributed by atoms with van der Waals surface area (Å²) in [5.41, 5.74) is 7.80. The minimum absolute atomic E-state index is 0.0625. The Hall–Kier alpha value is -3.88. The van der Waals surface area contributed by atoms with Gasteiger partial charge >= 0.3 is 0 Å². The standard InChI is InChI=1S/C18H19NO3.C17H17NO3/c1-20-13-5-3-10-9-12-11-4-6-14(21-2)17-18(11,7-8-19-12)15(10)16(13)22-17;1-20-13-5-3-10-11-8-9-2-4-12(19)15-14(9)17(10,6-7-18-11)16(13)21-15/h3-6,12,17,19H,7-9H2,1-2H3;2-5,11,16,18-19H,6-8H2,1H3/t12-,17+,18+;11-,16+,17+/m11/s1. The first-order chi connectivity index (χ1) is 21.0. The van der Waals surface area contributed by atoms with Crippen LogP contribution in [0.5, 0.6) is 23.0 Å². The van der Waals surface area contributed by atoms with E-state index >= 15 is 0 Å². The summed E-state index contributed by atoms with van der Waals surface area (Å²) in [7, 11) is 5.13. The molecule has 8 aliphatic rings. The first kappa shape index (κ1) is 25.6. The number of methoxy groups -OCH3 is 3. The van der Waals surface area contributed by atoms with Crippen LogP contribution in [0.3, 0.4) is 0 Å². The lowest BCUT2D eigenvalue weighted by molar-refractivity contribution is 0.0998. The lowest BCUT2D eigenvalue weighted by atomic mass is 9.58. The zero-order chi connectivity index (χ0) is 29.1. The molecule has 8 nitrogen and oxygen atoms in total. The molecule has 2 aromatic rings. The van der Waals surface area contributed by atoms with Crippen LogP contribution in [0, 0.1) is 0 Å². The van der Waals surface area contributed by atoms with E-state index in [2.05, 4.69) is 34.9 Å². The molecular formula is C35H36N2O6. The Kier molecular flexibility index (Phi) is 5.26. The third-order valence-electron chi connectivity index (χ3n) is 11.2. The Labute approximate surface area is 251 Å². The molecule has 0 radical (unpaired) electrons. The maximum Gasteiger partial charge on any atom is 0.169 e. The molecule has 2 saturated heterocycles. The van der Waals surface area contributed by atoms with Crippen molar-refractivity contribution in [3.8, 4) is 23.0 Å². The average Bonchev–Trinajstić information content (AvgIpc) is 3.55. The Bertz CT molecular complexity index is 1710. The van der Waals surface area contributed by atoms with Crippen LogP contribution in [0.4, 0.5) is 0 Å². The summed E-state index contributed by atoms with van der Waals surface area (Å²) in [6.07, 6.45) is 12.3. The molecule has 2 spiro atoms. The van der Waals surface area contributed by atoms with Gasteiger partial charge in [0.15, 0.2) is 35.2 Å². The fourth-order valence-electron chi connectivity index (χ4n) is 9.56. The fourth-order valence-corrected chi connectivity index (χ4v) is 9.56. The van der Waals surface area contributed by atoms with Crippen LogP contribution in [0.25, 0.3) is 0 Å². The van der Waals surface area contributed by atoms with E-state index in [0.717, 1.165) is 61.8 Å². The first-order valence-corrected chi connectivity index (χ1v) is 15.3. The van der Waals surface area contributed by atoms with Gasteiger partial charge in [-0.3, -0.25) is 0 Å². The predicted molar refractivity (Wildman–Crippen MR) is 160 cm³/mol. The Morgan fingerprint density at radius 2 is 1.23 bits per heavy atom. The highest BCUT2D eigenvalue weighted by Crippen LogP contribution is 2.62. The third-order valence-corrected chi connectivity index (χ3v) is 11.2. The molecule has 43 heavy (non-hydrogen) atoms. The van der Waals surface area contributed by atoms with Crippen molar-refractivity contribution in [2.75, 3.05) is 34.4 Å². The zero-order valence-corrected chi connectivity index (χ0v) is 24.7. The number of nitrogens with one attached hydrogen (secondary N) is 2. The lowest BCUT2D eigenvalue weighted by Gasteiger charge is -2.49. The number of hydrogen-bond donors (Lipinski definition) is 3. The monoisotopic (exact) mass is 580 g/mol. The topological polar surface area (TPSA) is 90.4 Å². The number of hydrogen-bond acceptors (Lipinski definition) is 8. The van der Waals surface area contributed by atoms with E-state index in [4.69, 9.17) is 23.7 Å². The molecule has 4 aliphatic heterocycles. The van der Waals surface area contributed by atoms with Crippen LogP contribution in [0.1, 0.15) is 35.1 Å². The molecule has 4 heterocycles. The number of aromatic hydroxyl groups is 1. The lowest BCUT2D eigenvalue weighted by Crippen LogP contribution is -2.58. The van der Waals surface area contributed by atoms with Gasteiger partial charge in [0.25, 0.3) is 0 Å². The average molecular weight is 581 g/mol. The van der Waals surface area contributed by atoms with Crippen LogP contribution < -0.4 is 24.8 Å². The Balaban J connectivity index is 0.000000121. The maximum atomic E-state index is 10.2. The zero-order valence-electron chi connectivity index (χ0n) is 24.7. The van der Waals surface area contributed by atoms with E-state index in [0.29, 0.717) is 17.8 Å². The van der Waals surface area contributed by atoms with Gasteiger partial charge in [-0.1, -0.05) is 24.3 Å². The molecule has 222 valence electrons. The smallest absolute Gasteiger partial charge is 0.169 e. The number of rotatable bonds is 3. The van der Waals surface area contributed by atoms with Crippen LogP contribution in [-0.2, 0) is 33.1 Å². The van der Waals surface area contributed by atoms with Crippen molar-refractivity contribution < 1.29 is 28.8 Å². The molecule has 2 fully saturated rings. The summed E-state index contributed by atoms with van der Waals surface area (Å²) in [4.78, 5) is 0. The Morgan fingerprint density at radius 3 is 1.79 bits per heavy atom. The van der Waals surface area contributed by atoms with Crippen molar-refractivity contribution in [2.45, 2.75) is 60.8 Å². The van der Waals surface area contributed by atoms with Gasteiger partial charge in [0, 0.05) is 23.2 Å². The largest absolute Gasteiger partial charge is 0.504 e. The van der Waals surface area contributed by atoms with Crippen molar-refractivity contribution in [2.24, 2.45) is 0 Å². The van der Waals surface area contributed by atoms with Crippen LogP contribution in [-0.4, -0.2) is 63.8 Å². The van der Waals surface area contributed by atoms with E-state index in [1.54, 1.807) is 27.4 Å². The number of phenols is 1. The van der Waals surface area contributed by atoms with Gasteiger partial charge in [0.1, 0.15) is 11.5 Å². The van der Waals surface area contributed by atoms with Crippen LogP contribution >= 0.6 is 0 Å². The predicted octanol–water partition coefficient (Wildman–Crippen LogP) is 3.86. The molecule has 8 heteroatoms. The van der Waals surface area contributed by atoms with Crippen LogP contribution in [0.15, 0.2) is 71.2 Å². The van der Waals surface area contributed by atoms with Crippen molar-refractivity contribution in [3.05, 3.63) is 93.5 Å². The molecule has 0 unspecified atom stereocenters. The number of phenolic OH excluding ortho intramolecular Hbond substituents is 1. The van der Waals surface area contributed by atoms with Crippen molar-refractivity contribution in [1.29, 1.82) is 0 Å². The number of ether oxygens (including phenoxy) is 5. The highest BCUT2D eigenvalue weighted by Gasteiger charge is 2.62. The van der Waals surface area contributed by atoms with Gasteiger partial charge in [-0.25, -0.2) is 0 Å². The molecule has 0 saturated carbocycles. The Morgan fingerprint density at radius 1 is 0.698 bits per heavy atom. The second-order valence-corrected chi connectivity index (χ2v) is 12.7. The third kappa shape index (κ3) is 3.03. The number of benzene rings is 2. The van der Waals surface area contributed by atoms with Gasteiger partial charge in [0.05, 0.1) is 32.2 Å². The highest BCUT2D eigenvalue weighted by molar-refractivity contribution is 5.69. The van der Waals surface area contributed by atoms with Gasteiger partial charge in [-0.15, -0.1) is 0 Å². The van der Waals surface area contributed by atoms with E-state index in [9.17, 15) is 5.11 Å². The van der Waals surface area contributed by atoms with Gasteiger partial charge < -0.3 is 39.4 Å². The molecule has 2 aromatic carbocycles. The van der Waals surface area contributed by atoms with E-state index in [-0.39, 0.29) is 28.8 Å². The number of allylic oxidation sites excluding steroid dienone is 4. The summed E-state index contributed by atoms with van der Waals surface area (Å²) in [5, 5.41) is 17.5. The van der Waals surface area contributed by atoms with Crippen molar-refractivity contribution in [1.82, 2.24) is 10.6 Å². The molecule has 3 N–H and O–H groups in total. The van der Waals surface area contributed by atoms with Gasteiger partial charge in [-0.05, 0) is 85.3 Å². The second-order valence-electron chi connectivity index (χ2n) is 12.7. The molecule has 0 aromatic heterocycles. The maximum absolute atomic E-state index is 10.2. The molecule has 0 amide bonds. The van der Waals surface area contributed by atoms with Crippen LogP contribution in [0.2, 0.25) is 0 Å². The summed E-state index contributed by atoms with van der Waals surface area (Å²) < 4.78 is 29.4. The highest BCUT2D eigenvalue weighted by atomic mass is 16.6. The molecule has 6 atom stereocenters. The second kappa shape index (κ2) is 8.83.